The quantitative estimate of drug-likeness (QED) is 0.470. The Morgan fingerprint density at radius 3 is 3.14 bits per heavy atom. The zero-order chi connectivity index (χ0) is 10.1. The molecule has 0 aromatic carbocycles. The van der Waals surface area contributed by atoms with E-state index >= 15 is 0 Å². The van der Waals surface area contributed by atoms with Crippen molar-refractivity contribution in [2.24, 2.45) is 5.11 Å². The van der Waals surface area contributed by atoms with Crippen molar-refractivity contribution < 1.29 is 0 Å². The summed E-state index contributed by atoms with van der Waals surface area (Å²) < 4.78 is 0.768. The molecular weight excluding hydrogens is 246 g/mol. The summed E-state index contributed by atoms with van der Waals surface area (Å²) in [6.45, 7) is 1.95. The van der Waals surface area contributed by atoms with E-state index in [1.165, 1.54) is 6.20 Å². The fourth-order valence-corrected chi connectivity index (χ4v) is 1.77. The fourth-order valence-electron chi connectivity index (χ4n) is 1.28. The summed E-state index contributed by atoms with van der Waals surface area (Å²) in [6.07, 6.45) is 1.53. The average molecular weight is 252 g/mol. The molecule has 0 saturated carbocycles. The van der Waals surface area contributed by atoms with Crippen LogP contribution in [0.1, 0.15) is 5.69 Å². The smallest absolute Gasteiger partial charge is 0.138 e. The molecule has 0 atom stereocenters. The molecular formula is C8H6BrN5. The zero-order valence-corrected chi connectivity index (χ0v) is 8.91. The van der Waals surface area contributed by atoms with Crippen LogP contribution in [-0.4, -0.2) is 9.97 Å². The number of fused-ring (bicyclic) bond motifs is 1. The van der Waals surface area contributed by atoms with Gasteiger partial charge in [-0.3, -0.25) is 0 Å². The largest absolute Gasteiger partial charge is 0.344 e. The van der Waals surface area contributed by atoms with Gasteiger partial charge in [0.25, 0.3) is 0 Å². The molecule has 0 amide bonds. The first kappa shape index (κ1) is 9.05. The van der Waals surface area contributed by atoms with Crippen LogP contribution >= 0.6 is 15.9 Å². The number of pyridine rings is 1. The predicted molar refractivity (Wildman–Crippen MR) is 57.3 cm³/mol. The second-order valence-corrected chi connectivity index (χ2v) is 3.65. The van der Waals surface area contributed by atoms with E-state index in [2.05, 4.69) is 35.9 Å². The SMILES string of the molecule is Cc1cc2c(Br)c(N=[N+]=[N-])cnc2[nH]1. The van der Waals surface area contributed by atoms with E-state index in [-0.39, 0.29) is 0 Å². The minimum atomic E-state index is 0.499. The van der Waals surface area contributed by atoms with Gasteiger partial charge in [0.15, 0.2) is 0 Å². The van der Waals surface area contributed by atoms with Crippen LogP contribution in [0.25, 0.3) is 21.5 Å². The van der Waals surface area contributed by atoms with E-state index in [9.17, 15) is 0 Å². The minimum absolute atomic E-state index is 0.499. The van der Waals surface area contributed by atoms with Crippen molar-refractivity contribution in [1.82, 2.24) is 9.97 Å². The van der Waals surface area contributed by atoms with Gasteiger partial charge < -0.3 is 4.98 Å². The van der Waals surface area contributed by atoms with E-state index < -0.39 is 0 Å². The number of aryl methyl sites for hydroxylation is 1. The standard InChI is InChI=1S/C8H6BrN5/c1-4-2-5-7(9)6(13-14-10)3-11-8(5)12-4/h2-3H,1H3,(H,11,12). The molecule has 0 aliphatic rings. The lowest BCUT2D eigenvalue weighted by Crippen LogP contribution is -1.77. The molecule has 0 aliphatic heterocycles. The van der Waals surface area contributed by atoms with Gasteiger partial charge in [-0.25, -0.2) is 4.98 Å². The second kappa shape index (κ2) is 3.32. The molecule has 0 bridgehead atoms. The summed E-state index contributed by atoms with van der Waals surface area (Å²) >= 11 is 3.37. The highest BCUT2D eigenvalue weighted by molar-refractivity contribution is 9.10. The van der Waals surface area contributed by atoms with Crippen molar-refractivity contribution in [3.63, 3.8) is 0 Å². The number of hydrogen-bond donors (Lipinski definition) is 1. The Morgan fingerprint density at radius 1 is 1.64 bits per heavy atom. The molecule has 1 N–H and O–H groups in total. The molecule has 2 aromatic heterocycles. The number of azide groups is 1. The van der Waals surface area contributed by atoms with Gasteiger partial charge in [-0.2, -0.15) is 0 Å². The number of aromatic nitrogens is 2. The zero-order valence-electron chi connectivity index (χ0n) is 7.32. The van der Waals surface area contributed by atoms with Crippen LogP contribution in [0.4, 0.5) is 5.69 Å². The Balaban J connectivity index is 2.79. The maximum Gasteiger partial charge on any atom is 0.138 e. The van der Waals surface area contributed by atoms with Gasteiger partial charge in [-0.1, -0.05) is 5.11 Å². The van der Waals surface area contributed by atoms with E-state index in [4.69, 9.17) is 5.53 Å². The first-order valence-electron chi connectivity index (χ1n) is 3.91. The Bertz CT molecular complexity index is 538. The number of hydrogen-bond acceptors (Lipinski definition) is 2. The molecule has 2 rings (SSSR count). The molecule has 2 aromatic rings. The van der Waals surface area contributed by atoms with Crippen LogP contribution in [-0.2, 0) is 0 Å². The fraction of sp³-hybridized carbons (Fsp3) is 0.125. The lowest BCUT2D eigenvalue weighted by Gasteiger charge is -1.96. The lowest BCUT2D eigenvalue weighted by molar-refractivity contribution is 1.24. The summed E-state index contributed by atoms with van der Waals surface area (Å²) in [6, 6.07) is 1.95. The number of rotatable bonds is 1. The Labute approximate surface area is 87.9 Å². The number of nitrogens with zero attached hydrogens (tertiary/aromatic N) is 4. The van der Waals surface area contributed by atoms with Gasteiger partial charge in [-0.15, -0.1) is 0 Å². The predicted octanol–water partition coefficient (Wildman–Crippen LogP) is 3.58. The van der Waals surface area contributed by atoms with E-state index in [1.807, 2.05) is 13.0 Å². The topological polar surface area (TPSA) is 77.4 Å². The van der Waals surface area contributed by atoms with Gasteiger partial charge in [0, 0.05) is 26.7 Å². The van der Waals surface area contributed by atoms with Gasteiger partial charge in [-0.05, 0) is 34.5 Å². The summed E-state index contributed by atoms with van der Waals surface area (Å²) in [4.78, 5) is 9.95. The first-order valence-corrected chi connectivity index (χ1v) is 4.70. The molecule has 0 saturated heterocycles. The highest BCUT2D eigenvalue weighted by Gasteiger charge is 2.06. The monoisotopic (exact) mass is 251 g/mol. The number of H-pyrrole nitrogens is 1. The second-order valence-electron chi connectivity index (χ2n) is 2.86. The van der Waals surface area contributed by atoms with Crippen LogP contribution in [0.15, 0.2) is 21.9 Å². The van der Waals surface area contributed by atoms with E-state index in [0.29, 0.717) is 5.69 Å². The van der Waals surface area contributed by atoms with Crippen molar-refractivity contribution >= 4 is 32.7 Å². The maximum absolute atomic E-state index is 8.32. The van der Waals surface area contributed by atoms with Crippen LogP contribution in [0, 0.1) is 6.92 Å². The summed E-state index contributed by atoms with van der Waals surface area (Å²) in [7, 11) is 0. The minimum Gasteiger partial charge on any atom is -0.344 e. The van der Waals surface area contributed by atoms with Gasteiger partial charge in [0.1, 0.15) is 5.65 Å². The molecule has 0 spiro atoms. The van der Waals surface area contributed by atoms with Crippen LogP contribution in [0.5, 0.6) is 0 Å². The van der Waals surface area contributed by atoms with Gasteiger partial charge in [0.2, 0.25) is 0 Å². The molecule has 14 heavy (non-hydrogen) atoms. The molecule has 0 aliphatic carbocycles. The van der Waals surface area contributed by atoms with Crippen molar-refractivity contribution in [2.45, 2.75) is 6.92 Å². The normalized spacial score (nSPS) is 10.1. The third-order valence-electron chi connectivity index (χ3n) is 1.86. The van der Waals surface area contributed by atoms with Crippen molar-refractivity contribution in [3.05, 3.63) is 32.9 Å². The number of halogens is 1. The Hall–Kier alpha value is -1.52. The number of aromatic amines is 1. The van der Waals surface area contributed by atoms with E-state index in [0.717, 1.165) is 21.2 Å². The van der Waals surface area contributed by atoms with Crippen LogP contribution in [0.3, 0.4) is 0 Å². The van der Waals surface area contributed by atoms with Gasteiger partial charge in [0.05, 0.1) is 5.69 Å². The highest BCUT2D eigenvalue weighted by Crippen LogP contribution is 2.32. The lowest BCUT2D eigenvalue weighted by atomic mass is 10.3. The van der Waals surface area contributed by atoms with Gasteiger partial charge >= 0.3 is 0 Å². The maximum atomic E-state index is 8.32. The molecule has 2 heterocycles. The molecule has 5 nitrogen and oxygen atoms in total. The Morgan fingerprint density at radius 2 is 2.43 bits per heavy atom. The summed E-state index contributed by atoms with van der Waals surface area (Å²) in [5, 5.41) is 4.45. The average Bonchev–Trinajstić information content (AvgIpc) is 2.52. The van der Waals surface area contributed by atoms with Crippen molar-refractivity contribution in [3.8, 4) is 0 Å². The van der Waals surface area contributed by atoms with Crippen molar-refractivity contribution in [1.29, 1.82) is 0 Å². The van der Waals surface area contributed by atoms with Crippen molar-refractivity contribution in [2.75, 3.05) is 0 Å². The Kier molecular flexibility index (Phi) is 2.15. The summed E-state index contributed by atoms with van der Waals surface area (Å²) in [5.74, 6) is 0. The van der Waals surface area contributed by atoms with E-state index in [1.54, 1.807) is 0 Å². The molecule has 6 heteroatoms. The molecule has 0 unspecified atom stereocenters. The highest BCUT2D eigenvalue weighted by atomic mass is 79.9. The van der Waals surface area contributed by atoms with Crippen LogP contribution in [0.2, 0.25) is 0 Å². The first-order chi connectivity index (χ1) is 6.72. The molecule has 0 fully saturated rings. The number of nitrogens with one attached hydrogen (secondary N) is 1. The molecule has 0 radical (unpaired) electrons. The third kappa shape index (κ3) is 1.34. The van der Waals surface area contributed by atoms with Crippen LogP contribution < -0.4 is 0 Å². The molecule has 70 valence electrons. The third-order valence-corrected chi connectivity index (χ3v) is 2.69. The summed E-state index contributed by atoms with van der Waals surface area (Å²) in [5.41, 5.74) is 10.6.